The van der Waals surface area contributed by atoms with Crippen molar-refractivity contribution in [3.63, 3.8) is 0 Å². The van der Waals surface area contributed by atoms with Crippen LogP contribution >= 0.6 is 11.6 Å². The van der Waals surface area contributed by atoms with Gasteiger partial charge in [-0.1, -0.05) is 17.7 Å². The van der Waals surface area contributed by atoms with Gasteiger partial charge in [0, 0.05) is 6.54 Å². The van der Waals surface area contributed by atoms with Crippen molar-refractivity contribution in [2.45, 2.75) is 6.42 Å². The molecular formula is C11H14ClN3O2. The van der Waals surface area contributed by atoms with Crippen molar-refractivity contribution in [3.05, 3.63) is 35.9 Å². The smallest absolute Gasteiger partial charge is 0.271 e. The van der Waals surface area contributed by atoms with Crippen molar-refractivity contribution in [3.8, 4) is 0 Å². The maximum absolute atomic E-state index is 11.5. The number of halogens is 1. The predicted molar refractivity (Wildman–Crippen MR) is 65.0 cm³/mol. The third-order valence-electron chi connectivity index (χ3n) is 1.84. The van der Waals surface area contributed by atoms with Crippen LogP contribution in [0.5, 0.6) is 0 Å². The molecule has 0 aromatic carbocycles. The van der Waals surface area contributed by atoms with Gasteiger partial charge < -0.3 is 10.1 Å². The number of amides is 1. The van der Waals surface area contributed by atoms with Crippen LogP contribution < -0.4 is 5.32 Å². The molecule has 5 nitrogen and oxygen atoms in total. The quantitative estimate of drug-likeness (QED) is 0.592. The fourth-order valence-electron chi connectivity index (χ4n) is 1.05. The molecule has 1 N–H and O–H groups in total. The molecule has 17 heavy (non-hydrogen) atoms. The third-order valence-corrected chi connectivity index (χ3v) is 2.02. The molecule has 0 bridgehead atoms. The van der Waals surface area contributed by atoms with Crippen LogP contribution in [0.4, 0.5) is 0 Å². The Morgan fingerprint density at radius 3 is 3.06 bits per heavy atom. The Kier molecular flexibility index (Phi) is 6.21. The van der Waals surface area contributed by atoms with Crippen LogP contribution in [-0.4, -0.2) is 35.6 Å². The standard InChI is InChI=1S/C11H14ClN3O2/c1-2-3-5-17-6-4-14-11(16)9-7-13-8-10(12)15-9/h2,7-8H,1,3-6H2,(H,14,16). The van der Waals surface area contributed by atoms with Gasteiger partial charge in [0.25, 0.3) is 5.91 Å². The highest BCUT2D eigenvalue weighted by molar-refractivity contribution is 6.29. The lowest BCUT2D eigenvalue weighted by Crippen LogP contribution is -2.28. The van der Waals surface area contributed by atoms with Crippen LogP contribution in [0.25, 0.3) is 0 Å². The molecule has 0 aliphatic rings. The minimum atomic E-state index is -0.313. The number of carbonyl (C=O) groups excluding carboxylic acids is 1. The van der Waals surface area contributed by atoms with E-state index in [0.717, 1.165) is 6.42 Å². The van der Waals surface area contributed by atoms with E-state index in [2.05, 4.69) is 21.9 Å². The average molecular weight is 256 g/mol. The number of carbonyl (C=O) groups is 1. The van der Waals surface area contributed by atoms with Crippen LogP contribution in [0.2, 0.25) is 5.15 Å². The van der Waals surface area contributed by atoms with E-state index in [-0.39, 0.29) is 16.8 Å². The van der Waals surface area contributed by atoms with Crippen molar-refractivity contribution in [1.82, 2.24) is 15.3 Å². The average Bonchev–Trinajstić information content (AvgIpc) is 2.33. The van der Waals surface area contributed by atoms with Gasteiger partial charge in [-0.15, -0.1) is 6.58 Å². The molecule has 0 aliphatic heterocycles. The number of ether oxygens (including phenoxy) is 1. The molecule has 1 aromatic heterocycles. The van der Waals surface area contributed by atoms with Crippen LogP contribution in [0.15, 0.2) is 25.0 Å². The Morgan fingerprint density at radius 2 is 2.35 bits per heavy atom. The van der Waals surface area contributed by atoms with Crippen molar-refractivity contribution in [1.29, 1.82) is 0 Å². The third kappa shape index (κ3) is 5.42. The lowest BCUT2D eigenvalue weighted by Gasteiger charge is -2.05. The number of rotatable bonds is 7. The lowest BCUT2D eigenvalue weighted by atomic mass is 10.4. The monoisotopic (exact) mass is 255 g/mol. The first-order valence-electron chi connectivity index (χ1n) is 5.18. The van der Waals surface area contributed by atoms with Crippen molar-refractivity contribution >= 4 is 17.5 Å². The molecule has 6 heteroatoms. The van der Waals surface area contributed by atoms with Gasteiger partial charge in [0.2, 0.25) is 0 Å². The fourth-order valence-corrected chi connectivity index (χ4v) is 1.19. The second kappa shape index (κ2) is 7.76. The second-order valence-electron chi connectivity index (χ2n) is 3.17. The summed E-state index contributed by atoms with van der Waals surface area (Å²) in [6.45, 7) is 5.06. The maximum atomic E-state index is 11.5. The van der Waals surface area contributed by atoms with Gasteiger partial charge in [0.05, 0.1) is 25.6 Å². The first-order chi connectivity index (χ1) is 8.24. The molecule has 1 heterocycles. The molecule has 1 rings (SSSR count). The Bertz CT molecular complexity index is 385. The number of nitrogens with zero attached hydrogens (tertiary/aromatic N) is 2. The lowest BCUT2D eigenvalue weighted by molar-refractivity contribution is 0.0912. The fraction of sp³-hybridized carbons (Fsp3) is 0.364. The molecule has 92 valence electrons. The predicted octanol–water partition coefficient (Wildman–Crippen LogP) is 1.45. The van der Waals surface area contributed by atoms with E-state index in [1.54, 1.807) is 6.08 Å². The SMILES string of the molecule is C=CCCOCCNC(=O)c1cncc(Cl)n1. The molecule has 0 atom stereocenters. The highest BCUT2D eigenvalue weighted by Gasteiger charge is 2.06. The normalized spacial score (nSPS) is 9.94. The Hall–Kier alpha value is -1.46. The van der Waals surface area contributed by atoms with Crippen molar-refractivity contribution < 1.29 is 9.53 Å². The Labute approximate surface area is 105 Å². The molecular weight excluding hydrogens is 242 g/mol. The summed E-state index contributed by atoms with van der Waals surface area (Å²) in [5.41, 5.74) is 0.198. The van der Waals surface area contributed by atoms with Gasteiger partial charge in [-0.2, -0.15) is 0 Å². The summed E-state index contributed by atoms with van der Waals surface area (Å²) in [6.07, 6.45) is 5.31. The molecule has 0 unspecified atom stereocenters. The van der Waals surface area contributed by atoms with Crippen LogP contribution in [-0.2, 0) is 4.74 Å². The van der Waals surface area contributed by atoms with Crippen LogP contribution in [0, 0.1) is 0 Å². The zero-order chi connectivity index (χ0) is 12.5. The summed E-state index contributed by atoms with van der Waals surface area (Å²) in [7, 11) is 0. The summed E-state index contributed by atoms with van der Waals surface area (Å²) >= 11 is 5.62. The molecule has 0 saturated carbocycles. The maximum Gasteiger partial charge on any atom is 0.271 e. The van der Waals surface area contributed by atoms with Crippen LogP contribution in [0.1, 0.15) is 16.9 Å². The number of aromatic nitrogens is 2. The number of hydrogen-bond donors (Lipinski definition) is 1. The van der Waals surface area contributed by atoms with Gasteiger partial charge in [0.1, 0.15) is 10.8 Å². The zero-order valence-corrected chi connectivity index (χ0v) is 10.1. The first kappa shape index (κ1) is 13.6. The minimum Gasteiger partial charge on any atom is -0.379 e. The molecule has 1 aromatic rings. The van der Waals surface area contributed by atoms with E-state index in [1.165, 1.54) is 12.4 Å². The van der Waals surface area contributed by atoms with Crippen molar-refractivity contribution in [2.24, 2.45) is 0 Å². The van der Waals surface area contributed by atoms with E-state index < -0.39 is 0 Å². The topological polar surface area (TPSA) is 64.1 Å². The molecule has 0 saturated heterocycles. The summed E-state index contributed by atoms with van der Waals surface area (Å²) < 4.78 is 5.24. The van der Waals surface area contributed by atoms with Gasteiger partial charge in [0.15, 0.2) is 0 Å². The molecule has 0 radical (unpaired) electrons. The van der Waals surface area contributed by atoms with Gasteiger partial charge in [-0.25, -0.2) is 4.98 Å². The highest BCUT2D eigenvalue weighted by atomic mass is 35.5. The number of nitrogens with one attached hydrogen (secondary N) is 1. The molecule has 0 fully saturated rings. The Morgan fingerprint density at radius 1 is 1.53 bits per heavy atom. The first-order valence-corrected chi connectivity index (χ1v) is 5.56. The van der Waals surface area contributed by atoms with E-state index in [0.29, 0.717) is 19.8 Å². The van der Waals surface area contributed by atoms with E-state index in [1.807, 2.05) is 0 Å². The molecule has 0 aliphatic carbocycles. The van der Waals surface area contributed by atoms with Gasteiger partial charge in [-0.3, -0.25) is 9.78 Å². The summed E-state index contributed by atoms with van der Waals surface area (Å²) in [4.78, 5) is 19.2. The van der Waals surface area contributed by atoms with Gasteiger partial charge >= 0.3 is 0 Å². The summed E-state index contributed by atoms with van der Waals surface area (Å²) in [5.74, 6) is -0.313. The summed E-state index contributed by atoms with van der Waals surface area (Å²) in [5, 5.41) is 2.85. The zero-order valence-electron chi connectivity index (χ0n) is 9.36. The minimum absolute atomic E-state index is 0.194. The van der Waals surface area contributed by atoms with E-state index in [4.69, 9.17) is 16.3 Å². The Balaban J connectivity index is 2.23. The van der Waals surface area contributed by atoms with E-state index >= 15 is 0 Å². The summed E-state index contributed by atoms with van der Waals surface area (Å²) in [6, 6.07) is 0. The molecule has 1 amide bonds. The van der Waals surface area contributed by atoms with E-state index in [9.17, 15) is 4.79 Å². The van der Waals surface area contributed by atoms with Crippen molar-refractivity contribution in [2.75, 3.05) is 19.8 Å². The van der Waals surface area contributed by atoms with Gasteiger partial charge in [-0.05, 0) is 6.42 Å². The molecule has 0 spiro atoms. The number of hydrogen-bond acceptors (Lipinski definition) is 4. The highest BCUT2D eigenvalue weighted by Crippen LogP contribution is 2.01. The largest absolute Gasteiger partial charge is 0.379 e. The van der Waals surface area contributed by atoms with Crippen LogP contribution in [0.3, 0.4) is 0 Å². The second-order valence-corrected chi connectivity index (χ2v) is 3.56.